The van der Waals surface area contributed by atoms with Crippen LogP contribution < -0.4 is 10.5 Å². The highest BCUT2D eigenvalue weighted by atomic mass is 32.2. The summed E-state index contributed by atoms with van der Waals surface area (Å²) >= 11 is 0. The van der Waals surface area contributed by atoms with Crippen LogP contribution in [0.5, 0.6) is 0 Å². The number of benzene rings is 1. The number of nitro groups is 1. The van der Waals surface area contributed by atoms with E-state index in [-0.39, 0.29) is 11.7 Å². The van der Waals surface area contributed by atoms with Crippen LogP contribution in [0.2, 0.25) is 0 Å². The maximum Gasteiger partial charge on any atom is 0.312 e. The molecule has 1 heterocycles. The summed E-state index contributed by atoms with van der Waals surface area (Å²) in [6.07, 6.45) is 1.41. The van der Waals surface area contributed by atoms with Gasteiger partial charge in [0.05, 0.1) is 4.92 Å². The third kappa shape index (κ3) is 3.24. The monoisotopic (exact) mass is 301 g/mol. The van der Waals surface area contributed by atoms with Gasteiger partial charge in [-0.2, -0.15) is 0 Å². The predicted octanol–water partition coefficient (Wildman–Crippen LogP) is 0.833. The van der Waals surface area contributed by atoms with Crippen molar-refractivity contribution in [1.82, 2.24) is 0 Å². The highest BCUT2D eigenvalue weighted by molar-refractivity contribution is 7.89. The number of para-hydroxylation sites is 1. The molecule has 9 heteroatoms. The molecule has 1 saturated heterocycles. The van der Waals surface area contributed by atoms with Crippen molar-refractivity contribution >= 4 is 21.4 Å². The second kappa shape index (κ2) is 5.73. The molecule has 0 atom stereocenters. The molecule has 0 amide bonds. The van der Waals surface area contributed by atoms with E-state index < -0.39 is 25.5 Å². The van der Waals surface area contributed by atoms with Crippen molar-refractivity contribution in [3.8, 4) is 0 Å². The number of anilines is 1. The molecule has 0 spiro atoms. The quantitative estimate of drug-likeness (QED) is 0.627. The number of nitrogens with zero attached hydrogens (tertiary/aromatic N) is 1. The first-order chi connectivity index (χ1) is 9.39. The van der Waals surface area contributed by atoms with Gasteiger partial charge in [-0.1, -0.05) is 6.07 Å². The molecule has 0 bridgehead atoms. The second-order valence-electron chi connectivity index (χ2n) is 4.49. The molecule has 1 aliphatic rings. The molecular formula is C11H15N3O5S. The Labute approximate surface area is 116 Å². The van der Waals surface area contributed by atoms with Crippen molar-refractivity contribution in [3.05, 3.63) is 28.3 Å². The van der Waals surface area contributed by atoms with Crippen LogP contribution in [0.3, 0.4) is 0 Å². The lowest BCUT2D eigenvalue weighted by Crippen LogP contribution is -2.28. The van der Waals surface area contributed by atoms with Crippen LogP contribution in [-0.2, 0) is 14.8 Å². The fourth-order valence-corrected chi connectivity index (χ4v) is 2.84. The molecule has 1 aromatic carbocycles. The van der Waals surface area contributed by atoms with Gasteiger partial charge in [-0.15, -0.1) is 0 Å². The minimum Gasteiger partial charge on any atom is -0.381 e. The van der Waals surface area contributed by atoms with Gasteiger partial charge in [0.25, 0.3) is 0 Å². The van der Waals surface area contributed by atoms with Crippen LogP contribution in [-0.4, -0.2) is 32.6 Å². The van der Waals surface area contributed by atoms with Crippen molar-refractivity contribution in [1.29, 1.82) is 0 Å². The van der Waals surface area contributed by atoms with E-state index in [4.69, 9.17) is 9.88 Å². The minimum atomic E-state index is -4.15. The summed E-state index contributed by atoms with van der Waals surface area (Å²) in [5.74, 6) is 0. The van der Waals surface area contributed by atoms with E-state index in [2.05, 4.69) is 5.32 Å². The van der Waals surface area contributed by atoms with E-state index in [9.17, 15) is 18.5 Å². The summed E-state index contributed by atoms with van der Waals surface area (Å²) in [5.41, 5.74) is -0.352. The van der Waals surface area contributed by atoms with Crippen LogP contribution in [0.25, 0.3) is 0 Å². The van der Waals surface area contributed by atoms with E-state index in [1.165, 1.54) is 12.1 Å². The molecule has 1 aromatic rings. The summed E-state index contributed by atoms with van der Waals surface area (Å²) in [7, 11) is -4.15. The Kier molecular flexibility index (Phi) is 4.21. The average molecular weight is 301 g/mol. The zero-order valence-corrected chi connectivity index (χ0v) is 11.4. The number of nitro benzene ring substituents is 1. The van der Waals surface area contributed by atoms with E-state index in [1.54, 1.807) is 0 Å². The first-order valence-electron chi connectivity index (χ1n) is 6.04. The molecule has 1 aliphatic heterocycles. The van der Waals surface area contributed by atoms with E-state index in [0.29, 0.717) is 26.1 Å². The molecular weight excluding hydrogens is 286 g/mol. The van der Waals surface area contributed by atoms with Gasteiger partial charge >= 0.3 is 5.69 Å². The van der Waals surface area contributed by atoms with Gasteiger partial charge in [-0.3, -0.25) is 10.1 Å². The minimum absolute atomic E-state index is 0.0122. The number of primary sulfonamides is 1. The molecule has 0 saturated carbocycles. The normalized spacial score (nSPS) is 16.9. The third-order valence-corrected chi connectivity index (χ3v) is 4.01. The summed E-state index contributed by atoms with van der Waals surface area (Å²) in [5, 5.41) is 19.2. The summed E-state index contributed by atoms with van der Waals surface area (Å²) in [4.78, 5) is 9.93. The Morgan fingerprint density at radius 1 is 1.35 bits per heavy atom. The van der Waals surface area contributed by atoms with Crippen LogP contribution >= 0.6 is 0 Å². The maximum absolute atomic E-state index is 11.4. The Bertz CT molecular complexity index is 610. The van der Waals surface area contributed by atoms with Crippen molar-refractivity contribution in [3.63, 3.8) is 0 Å². The standard InChI is InChI=1S/C11H15N3O5S/c12-20(17,18)10-3-1-2-9(11(10)14(15)16)13-8-4-6-19-7-5-8/h1-3,8,13H,4-7H2,(H2,12,17,18). The van der Waals surface area contributed by atoms with E-state index >= 15 is 0 Å². The lowest BCUT2D eigenvalue weighted by molar-refractivity contribution is -0.386. The number of ether oxygens (including phenoxy) is 1. The van der Waals surface area contributed by atoms with E-state index in [0.717, 1.165) is 6.07 Å². The van der Waals surface area contributed by atoms with Gasteiger partial charge in [-0.25, -0.2) is 13.6 Å². The Morgan fingerprint density at radius 3 is 2.55 bits per heavy atom. The highest BCUT2D eigenvalue weighted by Gasteiger charge is 2.28. The maximum atomic E-state index is 11.4. The SMILES string of the molecule is NS(=O)(=O)c1cccc(NC2CCOCC2)c1[N+](=O)[O-]. The average Bonchev–Trinajstić information content (AvgIpc) is 2.38. The van der Waals surface area contributed by atoms with Gasteiger partial charge < -0.3 is 10.1 Å². The van der Waals surface area contributed by atoms with E-state index in [1.807, 2.05) is 0 Å². The van der Waals surface area contributed by atoms with Gasteiger partial charge in [0.2, 0.25) is 10.0 Å². The van der Waals surface area contributed by atoms with Crippen molar-refractivity contribution in [2.75, 3.05) is 18.5 Å². The Morgan fingerprint density at radius 2 is 2.00 bits per heavy atom. The zero-order valence-electron chi connectivity index (χ0n) is 10.6. The fraction of sp³-hybridized carbons (Fsp3) is 0.455. The van der Waals surface area contributed by atoms with Crippen molar-refractivity contribution in [2.24, 2.45) is 5.14 Å². The van der Waals surface area contributed by atoms with Crippen LogP contribution in [0, 0.1) is 10.1 Å². The first-order valence-corrected chi connectivity index (χ1v) is 7.58. The lowest BCUT2D eigenvalue weighted by Gasteiger charge is -2.24. The lowest BCUT2D eigenvalue weighted by atomic mass is 10.1. The largest absolute Gasteiger partial charge is 0.381 e. The molecule has 8 nitrogen and oxygen atoms in total. The van der Waals surface area contributed by atoms with Gasteiger partial charge in [-0.05, 0) is 25.0 Å². The van der Waals surface area contributed by atoms with Crippen LogP contribution in [0.1, 0.15) is 12.8 Å². The topological polar surface area (TPSA) is 125 Å². The number of rotatable bonds is 4. The molecule has 0 radical (unpaired) electrons. The second-order valence-corrected chi connectivity index (χ2v) is 6.02. The molecule has 0 aliphatic carbocycles. The summed E-state index contributed by atoms with van der Waals surface area (Å²) < 4.78 is 28.1. The highest BCUT2D eigenvalue weighted by Crippen LogP contribution is 2.32. The Balaban J connectivity index is 2.39. The summed E-state index contributed by atoms with van der Waals surface area (Å²) in [6.45, 7) is 1.14. The van der Waals surface area contributed by atoms with Gasteiger partial charge in [0.1, 0.15) is 5.69 Å². The zero-order chi connectivity index (χ0) is 14.8. The predicted molar refractivity (Wildman–Crippen MR) is 71.9 cm³/mol. The number of hydrogen-bond donors (Lipinski definition) is 2. The van der Waals surface area contributed by atoms with Crippen LogP contribution in [0.15, 0.2) is 23.1 Å². The number of sulfonamides is 1. The smallest absolute Gasteiger partial charge is 0.312 e. The first kappa shape index (κ1) is 14.7. The molecule has 2 rings (SSSR count). The number of hydrogen-bond acceptors (Lipinski definition) is 6. The molecule has 1 fully saturated rings. The molecule has 3 N–H and O–H groups in total. The molecule has 0 aromatic heterocycles. The molecule has 110 valence electrons. The molecule has 20 heavy (non-hydrogen) atoms. The Hall–Kier alpha value is -1.71. The fourth-order valence-electron chi connectivity index (χ4n) is 2.12. The number of nitrogens with one attached hydrogen (secondary N) is 1. The molecule has 0 unspecified atom stereocenters. The third-order valence-electron chi connectivity index (χ3n) is 3.07. The van der Waals surface area contributed by atoms with Crippen molar-refractivity contribution < 1.29 is 18.1 Å². The van der Waals surface area contributed by atoms with Crippen LogP contribution in [0.4, 0.5) is 11.4 Å². The number of nitrogens with two attached hydrogens (primary N) is 1. The summed E-state index contributed by atoms with van der Waals surface area (Å²) in [6, 6.07) is 4.04. The van der Waals surface area contributed by atoms with Gasteiger partial charge in [0, 0.05) is 19.3 Å². The van der Waals surface area contributed by atoms with Crippen molar-refractivity contribution in [2.45, 2.75) is 23.8 Å². The van der Waals surface area contributed by atoms with Gasteiger partial charge in [0.15, 0.2) is 4.90 Å².